The van der Waals surface area contributed by atoms with Gasteiger partial charge in [0.05, 0.1) is 9.40 Å². The van der Waals surface area contributed by atoms with E-state index in [0.29, 0.717) is 23.0 Å². The van der Waals surface area contributed by atoms with E-state index in [0.717, 1.165) is 19.4 Å². The minimum absolute atomic E-state index is 0.0470. The highest BCUT2D eigenvalue weighted by atomic mass is 127. The lowest BCUT2D eigenvalue weighted by molar-refractivity contribution is -0.385. The molecule has 4 aliphatic rings. The van der Waals surface area contributed by atoms with E-state index in [1.165, 1.54) is 0 Å². The number of likely N-dealkylation sites (tertiary alicyclic amines) is 1. The van der Waals surface area contributed by atoms with Crippen LogP contribution in [0.5, 0.6) is 5.88 Å². The minimum atomic E-state index is -0.885. The van der Waals surface area contributed by atoms with Gasteiger partial charge < -0.3 is 19.7 Å². The van der Waals surface area contributed by atoms with Gasteiger partial charge in [0.1, 0.15) is 29.1 Å². The van der Waals surface area contributed by atoms with Crippen LogP contribution in [0.4, 0.5) is 20.6 Å². The summed E-state index contributed by atoms with van der Waals surface area (Å²) < 4.78 is 27.8. The van der Waals surface area contributed by atoms with Crippen molar-refractivity contribution in [1.29, 1.82) is 0 Å². The first-order valence-electron chi connectivity index (χ1n) is 12.6. The van der Waals surface area contributed by atoms with E-state index >= 15 is 4.39 Å². The Balaban J connectivity index is 1.61. The number of carbonyl (C=O) groups excluding carboxylic acids is 1. The molecule has 6 rings (SSSR count). The van der Waals surface area contributed by atoms with Gasteiger partial charge in [-0.25, -0.2) is 14.2 Å². The number of aromatic nitrogens is 1. The highest BCUT2D eigenvalue weighted by Gasteiger charge is 2.60. The minimum Gasteiger partial charge on any atom is -0.471 e. The number of rotatable bonds is 6. The van der Waals surface area contributed by atoms with Gasteiger partial charge in [-0.15, -0.1) is 0 Å². The van der Waals surface area contributed by atoms with Crippen molar-refractivity contribution < 1.29 is 23.6 Å². The molecule has 4 fully saturated rings. The highest BCUT2D eigenvalue weighted by Crippen LogP contribution is 2.53. The number of ether oxygens (including phenoxy) is 2. The Morgan fingerprint density at radius 1 is 1.42 bits per heavy atom. The number of likely N-dealkylation sites (N-methyl/N-ethyl adjacent to an activating group) is 1. The first kappa shape index (κ1) is 27.6. The molecule has 1 N–H and O–H groups in total. The molecule has 206 valence electrons. The predicted molar refractivity (Wildman–Crippen MR) is 152 cm³/mol. The molecule has 38 heavy (non-hydrogen) atoms. The predicted octanol–water partition coefficient (Wildman–Crippen LogP) is 5.89. The second-order valence-corrected chi connectivity index (χ2v) is 13.3. The topological polar surface area (TPSA) is 110 Å². The summed E-state index contributed by atoms with van der Waals surface area (Å²) in [6, 6.07) is 1.74. The standard InChI is InChI=1S/C25H30BrFIN5O5/c1-24(2,3)38-23(34)32-11-13-9-25(32,10-13)30-20-15-8-16(28)17(26)18(27)19(15)29-22(21(20)33(35)36)37-12-14-6-5-7-31(14)4/h8,13-14H,5-7,9-12H2,1-4H3,(H,29,30)/t13?,14-,25?/m0/s1. The molecule has 13 heteroatoms. The Morgan fingerprint density at radius 3 is 2.74 bits per heavy atom. The van der Waals surface area contributed by atoms with E-state index in [1.807, 2.05) is 29.6 Å². The van der Waals surface area contributed by atoms with E-state index in [9.17, 15) is 14.9 Å². The molecule has 0 unspecified atom stereocenters. The van der Waals surface area contributed by atoms with Crippen LogP contribution in [0, 0.1) is 25.4 Å². The zero-order valence-electron chi connectivity index (χ0n) is 21.6. The van der Waals surface area contributed by atoms with Crippen molar-refractivity contribution in [3.05, 3.63) is 30.0 Å². The van der Waals surface area contributed by atoms with E-state index < -0.39 is 28.1 Å². The van der Waals surface area contributed by atoms with Crippen LogP contribution in [0.2, 0.25) is 0 Å². The van der Waals surface area contributed by atoms with Gasteiger partial charge in [0, 0.05) is 21.5 Å². The number of hydrogen-bond donors (Lipinski definition) is 1. The third kappa shape index (κ3) is 4.89. The van der Waals surface area contributed by atoms with Crippen molar-refractivity contribution in [2.45, 2.75) is 63.8 Å². The number of nitro groups is 1. The SMILES string of the molecule is CN1CCC[C@H]1COc1nc2c(F)c(Br)c(I)cc2c(NC23CC(CN2C(=O)OC(C)(C)C)C3)c1[N+](=O)[O-]. The second kappa shape index (κ2) is 9.88. The Morgan fingerprint density at radius 2 is 2.13 bits per heavy atom. The number of fused-ring (bicyclic) bond motifs is 2. The first-order chi connectivity index (χ1) is 17.8. The van der Waals surface area contributed by atoms with Crippen molar-refractivity contribution in [2.24, 2.45) is 5.92 Å². The zero-order chi connectivity index (χ0) is 27.6. The fourth-order valence-corrected chi connectivity index (χ4v) is 6.53. The number of carbonyl (C=O) groups is 1. The molecular weight excluding hydrogens is 676 g/mol. The molecule has 0 spiro atoms. The van der Waals surface area contributed by atoms with E-state index in [4.69, 9.17) is 9.47 Å². The van der Waals surface area contributed by atoms with Crippen molar-refractivity contribution in [3.63, 3.8) is 0 Å². The Kier molecular flexibility index (Phi) is 7.16. The fraction of sp³-hybridized carbons (Fsp3) is 0.600. The number of nitrogens with zero attached hydrogens (tertiary/aromatic N) is 4. The smallest absolute Gasteiger partial charge is 0.412 e. The molecule has 1 saturated carbocycles. The van der Waals surface area contributed by atoms with Gasteiger partial charge >= 0.3 is 11.8 Å². The summed E-state index contributed by atoms with van der Waals surface area (Å²) in [4.78, 5) is 33.1. The Hall–Kier alpha value is -2.00. The highest BCUT2D eigenvalue weighted by molar-refractivity contribution is 14.1. The summed E-state index contributed by atoms with van der Waals surface area (Å²) >= 11 is 5.24. The van der Waals surface area contributed by atoms with Crippen LogP contribution in [0.3, 0.4) is 0 Å². The van der Waals surface area contributed by atoms with Crippen molar-refractivity contribution in [1.82, 2.24) is 14.8 Å². The Bertz CT molecular complexity index is 1320. The largest absolute Gasteiger partial charge is 0.471 e. The number of nitrogens with one attached hydrogen (secondary N) is 1. The van der Waals surface area contributed by atoms with Gasteiger partial charge in [0.15, 0.2) is 5.82 Å². The number of pyridine rings is 1. The van der Waals surface area contributed by atoms with Crippen LogP contribution in [0.1, 0.15) is 46.5 Å². The maximum absolute atomic E-state index is 15.5. The van der Waals surface area contributed by atoms with E-state index in [-0.39, 0.29) is 51.2 Å². The van der Waals surface area contributed by atoms with Crippen LogP contribution in [0.15, 0.2) is 10.5 Å². The molecule has 1 aromatic heterocycles. The average Bonchev–Trinajstić information content (AvgIpc) is 3.48. The monoisotopic (exact) mass is 705 g/mol. The van der Waals surface area contributed by atoms with Crippen LogP contribution < -0.4 is 10.1 Å². The lowest BCUT2D eigenvalue weighted by Gasteiger charge is -2.43. The van der Waals surface area contributed by atoms with E-state index in [1.54, 1.807) is 31.7 Å². The maximum Gasteiger partial charge on any atom is 0.412 e. The van der Waals surface area contributed by atoms with Crippen LogP contribution >= 0.6 is 38.5 Å². The summed E-state index contributed by atoms with van der Waals surface area (Å²) in [5, 5.41) is 16.1. The molecule has 0 radical (unpaired) electrons. The summed E-state index contributed by atoms with van der Waals surface area (Å²) in [5.41, 5.74) is -1.91. The summed E-state index contributed by atoms with van der Waals surface area (Å²) in [5.74, 6) is -0.625. The van der Waals surface area contributed by atoms with E-state index in [2.05, 4.69) is 31.1 Å². The average molecular weight is 706 g/mol. The molecule has 1 amide bonds. The molecule has 1 aliphatic carbocycles. The van der Waals surface area contributed by atoms with Crippen molar-refractivity contribution >= 4 is 66.9 Å². The summed E-state index contributed by atoms with van der Waals surface area (Å²) in [6.07, 6.45) is 2.62. The third-order valence-electron chi connectivity index (χ3n) is 7.51. The fourth-order valence-electron chi connectivity index (χ4n) is 5.68. The molecule has 1 atom stereocenters. The molecule has 2 bridgehead atoms. The molecular formula is C25H30BrFIN5O5. The number of benzene rings is 1. The summed E-state index contributed by atoms with van der Waals surface area (Å²) in [7, 11) is 1.98. The quantitative estimate of drug-likeness (QED) is 0.172. The zero-order valence-corrected chi connectivity index (χ0v) is 25.4. The normalized spacial score (nSPS) is 25.0. The number of halogens is 3. The number of amides is 1. The van der Waals surface area contributed by atoms with Crippen molar-refractivity contribution in [3.8, 4) is 5.88 Å². The molecule has 4 heterocycles. The molecule has 3 aliphatic heterocycles. The van der Waals surface area contributed by atoms with Crippen LogP contribution in [0.25, 0.3) is 10.9 Å². The summed E-state index contributed by atoms with van der Waals surface area (Å²) in [6.45, 7) is 6.97. The lowest BCUT2D eigenvalue weighted by atomic mass is 9.79. The molecule has 10 nitrogen and oxygen atoms in total. The number of anilines is 1. The maximum atomic E-state index is 15.5. The lowest BCUT2D eigenvalue weighted by Crippen LogP contribution is -2.55. The number of hydrogen-bond acceptors (Lipinski definition) is 8. The molecule has 2 aromatic rings. The van der Waals surface area contributed by atoms with Crippen LogP contribution in [-0.2, 0) is 4.74 Å². The first-order valence-corrected chi connectivity index (χ1v) is 14.4. The van der Waals surface area contributed by atoms with Gasteiger partial charge in [-0.05, 0) is 111 Å². The van der Waals surface area contributed by atoms with Gasteiger partial charge in [-0.3, -0.25) is 15.0 Å². The third-order valence-corrected chi connectivity index (χ3v) is 9.87. The van der Waals surface area contributed by atoms with Gasteiger partial charge in [0.25, 0.3) is 5.88 Å². The Labute approximate surface area is 242 Å². The second-order valence-electron chi connectivity index (χ2n) is 11.4. The van der Waals surface area contributed by atoms with Crippen molar-refractivity contribution in [2.75, 3.05) is 32.1 Å². The molecule has 3 saturated heterocycles. The van der Waals surface area contributed by atoms with Gasteiger partial charge in [-0.1, -0.05) is 0 Å². The molecule has 1 aromatic carbocycles. The van der Waals surface area contributed by atoms with Gasteiger partial charge in [-0.2, -0.15) is 0 Å². The van der Waals surface area contributed by atoms with Gasteiger partial charge in [0.2, 0.25) is 0 Å². The van der Waals surface area contributed by atoms with Crippen LogP contribution in [-0.4, -0.2) is 69.9 Å².